The molecule has 1 saturated carbocycles. The molecule has 3 aromatic rings. The Labute approximate surface area is 200 Å². The zero-order valence-corrected chi connectivity index (χ0v) is 19.9. The van der Waals surface area contributed by atoms with Gasteiger partial charge in [0, 0.05) is 47.9 Å². The Morgan fingerprint density at radius 2 is 2.03 bits per heavy atom. The number of rotatable bonds is 7. The number of aromatic amines is 1. The molecule has 0 amide bonds. The Balaban J connectivity index is 1.32. The van der Waals surface area contributed by atoms with Gasteiger partial charge in [-0.3, -0.25) is 9.98 Å². The molecule has 34 heavy (non-hydrogen) atoms. The summed E-state index contributed by atoms with van der Waals surface area (Å²) in [5, 5.41) is 12.6. The maximum Gasteiger partial charge on any atom is 0.354 e. The second-order valence-corrected chi connectivity index (χ2v) is 10.1. The van der Waals surface area contributed by atoms with Crippen molar-refractivity contribution >= 4 is 16.9 Å². The highest BCUT2D eigenvalue weighted by Gasteiger charge is 2.26. The van der Waals surface area contributed by atoms with E-state index in [1.54, 1.807) is 4.57 Å². The van der Waals surface area contributed by atoms with Crippen LogP contribution in [0, 0.1) is 11.3 Å². The number of benzene rings is 1. The second kappa shape index (κ2) is 9.72. The molecule has 0 unspecified atom stereocenters. The van der Waals surface area contributed by atoms with Crippen molar-refractivity contribution in [1.82, 2.24) is 24.8 Å². The standard InChI is InChI=1S/C26H35N7O/c1-17(13-27)14-32-11-10-19(15-32)23-12-20-16-33(26(34)31-25(20)30-23)22-8-6-18(7-9-22)24(28)29-21-4-2-3-5-21/h6-9,12,16-17,19,21H,2-5,10-11,13-15,27H2,1H3,(H2,28,29)(H,30,31,34)/t17-,19+/m0/s1. The summed E-state index contributed by atoms with van der Waals surface area (Å²) >= 11 is 0. The highest BCUT2D eigenvalue weighted by Crippen LogP contribution is 2.29. The molecule has 5 N–H and O–H groups in total. The average Bonchev–Trinajstić information content (AvgIpc) is 3.59. The molecule has 2 atom stereocenters. The topological polar surface area (TPSA) is 116 Å². The molecule has 0 radical (unpaired) electrons. The van der Waals surface area contributed by atoms with Gasteiger partial charge in [0.05, 0.1) is 5.69 Å². The molecule has 1 aliphatic carbocycles. The lowest BCUT2D eigenvalue weighted by atomic mass is 10.1. The third-order valence-electron chi connectivity index (χ3n) is 7.35. The number of H-pyrrole nitrogens is 1. The van der Waals surface area contributed by atoms with Crippen LogP contribution in [0.4, 0.5) is 0 Å². The van der Waals surface area contributed by atoms with Gasteiger partial charge in [-0.2, -0.15) is 4.98 Å². The van der Waals surface area contributed by atoms with Crippen LogP contribution in [0.25, 0.3) is 16.7 Å². The van der Waals surface area contributed by atoms with Crippen LogP contribution in [-0.2, 0) is 0 Å². The van der Waals surface area contributed by atoms with E-state index in [9.17, 15) is 4.79 Å². The summed E-state index contributed by atoms with van der Waals surface area (Å²) in [5.41, 5.74) is 8.85. The van der Waals surface area contributed by atoms with Crippen molar-refractivity contribution in [2.75, 3.05) is 26.2 Å². The van der Waals surface area contributed by atoms with Crippen molar-refractivity contribution in [3.05, 3.63) is 58.3 Å². The predicted molar refractivity (Wildman–Crippen MR) is 136 cm³/mol. The van der Waals surface area contributed by atoms with Gasteiger partial charge >= 0.3 is 5.69 Å². The average molecular weight is 462 g/mol. The first-order valence-electron chi connectivity index (χ1n) is 12.5. The molecule has 5 rings (SSSR count). The first-order valence-corrected chi connectivity index (χ1v) is 12.5. The lowest BCUT2D eigenvalue weighted by Crippen LogP contribution is -2.32. The summed E-state index contributed by atoms with van der Waals surface area (Å²) in [5.74, 6) is 1.36. The van der Waals surface area contributed by atoms with Crippen molar-refractivity contribution < 1.29 is 0 Å². The van der Waals surface area contributed by atoms with Gasteiger partial charge < -0.3 is 20.9 Å². The fraction of sp³-hybridized carbons (Fsp3) is 0.500. The molecule has 8 nitrogen and oxygen atoms in total. The van der Waals surface area contributed by atoms with Crippen LogP contribution in [0.2, 0.25) is 0 Å². The number of hydrogen-bond donors (Lipinski definition) is 4. The van der Waals surface area contributed by atoms with E-state index < -0.39 is 0 Å². The molecule has 2 aromatic heterocycles. The Morgan fingerprint density at radius 1 is 1.26 bits per heavy atom. The van der Waals surface area contributed by atoms with E-state index in [1.165, 1.54) is 12.8 Å². The highest BCUT2D eigenvalue weighted by atomic mass is 16.1. The summed E-state index contributed by atoms with van der Waals surface area (Å²) in [4.78, 5) is 23.0. The summed E-state index contributed by atoms with van der Waals surface area (Å²) in [6.07, 6.45) is 7.69. The van der Waals surface area contributed by atoms with Crippen LogP contribution in [0.1, 0.15) is 56.2 Å². The molecule has 180 valence electrons. The summed E-state index contributed by atoms with van der Waals surface area (Å²) in [7, 11) is 0. The Kier molecular flexibility index (Phi) is 6.52. The largest absolute Gasteiger partial charge is 0.367 e. The van der Waals surface area contributed by atoms with Crippen molar-refractivity contribution in [1.29, 1.82) is 5.41 Å². The minimum absolute atomic E-state index is 0.308. The van der Waals surface area contributed by atoms with E-state index in [1.807, 2.05) is 30.5 Å². The highest BCUT2D eigenvalue weighted by molar-refractivity contribution is 5.96. The van der Waals surface area contributed by atoms with E-state index in [0.29, 0.717) is 35.9 Å². The van der Waals surface area contributed by atoms with E-state index in [2.05, 4.69) is 33.2 Å². The van der Waals surface area contributed by atoms with E-state index in [0.717, 1.165) is 61.2 Å². The van der Waals surface area contributed by atoms with Crippen LogP contribution >= 0.6 is 0 Å². The number of aromatic nitrogens is 3. The molecule has 8 heteroatoms. The Hall–Kier alpha value is -2.97. The van der Waals surface area contributed by atoms with Gasteiger partial charge in [-0.05, 0) is 68.6 Å². The Morgan fingerprint density at radius 3 is 2.76 bits per heavy atom. The fourth-order valence-corrected chi connectivity index (χ4v) is 5.33. The van der Waals surface area contributed by atoms with Crippen LogP contribution in [0.3, 0.4) is 0 Å². The first kappa shape index (κ1) is 22.8. The third-order valence-corrected chi connectivity index (χ3v) is 7.35. The van der Waals surface area contributed by atoms with Crippen molar-refractivity contribution in [3.63, 3.8) is 0 Å². The van der Waals surface area contributed by atoms with Gasteiger partial charge in [0.15, 0.2) is 0 Å². The van der Waals surface area contributed by atoms with Crippen LogP contribution < -0.4 is 16.7 Å². The summed E-state index contributed by atoms with van der Waals surface area (Å²) < 4.78 is 1.58. The van der Waals surface area contributed by atoms with E-state index in [-0.39, 0.29) is 5.69 Å². The molecule has 2 aliphatic rings. The van der Waals surface area contributed by atoms with Crippen molar-refractivity contribution in [2.45, 2.75) is 51.0 Å². The molecular formula is C26H35N7O. The number of nitrogens with zero attached hydrogens (tertiary/aromatic N) is 3. The van der Waals surface area contributed by atoms with Crippen molar-refractivity contribution in [3.8, 4) is 5.69 Å². The number of nitrogens with two attached hydrogens (primary N) is 1. The summed E-state index contributed by atoms with van der Waals surface area (Å²) in [6.45, 7) is 6.00. The number of likely N-dealkylation sites (tertiary alicyclic amines) is 1. The first-order chi connectivity index (χ1) is 16.5. The molecule has 0 bridgehead atoms. The SMILES string of the molecule is C[C@@H](CN)CN1CC[C@@H](c2cc3cn(-c4ccc(C(=N)NC5CCCC5)cc4)c(=O)nc3[nH]2)C1. The van der Waals surface area contributed by atoms with E-state index in [4.69, 9.17) is 11.1 Å². The maximum absolute atomic E-state index is 12.8. The number of fused-ring (bicyclic) bond motifs is 1. The Bertz CT molecular complexity index is 1210. The smallest absolute Gasteiger partial charge is 0.354 e. The molecule has 2 fully saturated rings. The molecule has 1 aromatic carbocycles. The molecule has 1 saturated heterocycles. The van der Waals surface area contributed by atoms with Gasteiger partial charge in [-0.1, -0.05) is 19.8 Å². The third kappa shape index (κ3) is 4.79. The quantitative estimate of drug-likeness (QED) is 0.319. The van der Waals surface area contributed by atoms with Gasteiger partial charge in [0.25, 0.3) is 0 Å². The minimum Gasteiger partial charge on any atom is -0.367 e. The van der Waals surface area contributed by atoms with Crippen LogP contribution in [0.5, 0.6) is 0 Å². The predicted octanol–water partition coefficient (Wildman–Crippen LogP) is 2.96. The fourth-order valence-electron chi connectivity index (χ4n) is 5.33. The van der Waals surface area contributed by atoms with Gasteiger partial charge in [0.2, 0.25) is 0 Å². The normalized spacial score (nSPS) is 20.2. The number of hydrogen-bond acceptors (Lipinski definition) is 5. The van der Waals surface area contributed by atoms with Gasteiger partial charge in [-0.25, -0.2) is 4.79 Å². The number of amidine groups is 1. The zero-order chi connectivity index (χ0) is 23.7. The number of nitrogens with one attached hydrogen (secondary N) is 3. The van der Waals surface area contributed by atoms with Gasteiger partial charge in [-0.15, -0.1) is 0 Å². The minimum atomic E-state index is -0.308. The van der Waals surface area contributed by atoms with Crippen LogP contribution in [-0.4, -0.2) is 57.5 Å². The molecule has 1 aliphatic heterocycles. The molecule has 0 spiro atoms. The second-order valence-electron chi connectivity index (χ2n) is 10.1. The lowest BCUT2D eigenvalue weighted by Gasteiger charge is -2.19. The van der Waals surface area contributed by atoms with E-state index >= 15 is 0 Å². The van der Waals surface area contributed by atoms with Gasteiger partial charge in [0.1, 0.15) is 11.5 Å². The van der Waals surface area contributed by atoms with Crippen molar-refractivity contribution in [2.24, 2.45) is 11.7 Å². The summed E-state index contributed by atoms with van der Waals surface area (Å²) in [6, 6.07) is 10.1. The molecular weight excluding hydrogens is 426 g/mol. The maximum atomic E-state index is 12.8. The van der Waals surface area contributed by atoms with Crippen LogP contribution in [0.15, 0.2) is 41.3 Å². The lowest BCUT2D eigenvalue weighted by molar-refractivity contribution is 0.288. The molecule has 3 heterocycles. The zero-order valence-electron chi connectivity index (χ0n) is 19.9. The monoisotopic (exact) mass is 461 g/mol.